The molecule has 3 nitrogen and oxygen atoms in total. The average Bonchev–Trinajstić information content (AvgIpc) is 3.00. The largest absolute Gasteiger partial charge is 0.389 e. The number of aliphatic hydroxyl groups is 1. The van der Waals surface area contributed by atoms with E-state index < -0.39 is 5.60 Å². The topological polar surface area (TPSA) is 54.4 Å². The summed E-state index contributed by atoms with van der Waals surface area (Å²) in [7, 11) is 0. The van der Waals surface area contributed by atoms with E-state index in [1.165, 1.54) is 5.57 Å². The van der Waals surface area contributed by atoms with Crippen LogP contribution in [0.4, 0.5) is 0 Å². The minimum absolute atomic E-state index is 0.0290. The molecule has 0 bridgehead atoms. The molecule has 0 saturated heterocycles. The first-order valence-corrected chi connectivity index (χ1v) is 11.5. The molecule has 3 heteroatoms. The summed E-state index contributed by atoms with van der Waals surface area (Å²) in [6.07, 6.45) is 11.8. The van der Waals surface area contributed by atoms with Gasteiger partial charge in [-0.3, -0.25) is 9.59 Å². The van der Waals surface area contributed by atoms with Gasteiger partial charge >= 0.3 is 0 Å². The number of hydrogen-bond donors (Lipinski definition) is 1. The molecule has 1 N–H and O–H groups in total. The van der Waals surface area contributed by atoms with Crippen LogP contribution in [0.25, 0.3) is 0 Å². The maximum Gasteiger partial charge on any atom is 0.178 e. The highest BCUT2D eigenvalue weighted by atomic mass is 16.3. The van der Waals surface area contributed by atoms with Gasteiger partial charge in [-0.05, 0) is 73.8 Å². The van der Waals surface area contributed by atoms with Crippen LogP contribution in [0.1, 0.15) is 69.2 Å². The predicted octanol–water partition coefficient (Wildman–Crippen LogP) is 5.30. The molecule has 4 aliphatic carbocycles. The Morgan fingerprint density at radius 1 is 1.07 bits per heavy atom. The summed E-state index contributed by atoms with van der Waals surface area (Å²) in [5.74, 6) is 1.68. The minimum atomic E-state index is -0.926. The lowest BCUT2D eigenvalue weighted by molar-refractivity contribution is -0.120. The Labute approximate surface area is 179 Å². The van der Waals surface area contributed by atoms with Gasteiger partial charge in [-0.25, -0.2) is 0 Å². The Hall–Kier alpha value is -2.00. The first-order chi connectivity index (χ1) is 14.3. The SMILES string of the molecule is C[C@]12C=CC(=O)C=C1CC[C@@H]1[C@@H]2CC[C@]2(C)[C@H]1CC[C@]2(O)CC(=O)c1ccccc1. The third-order valence-electron chi connectivity index (χ3n) is 9.43. The van der Waals surface area contributed by atoms with Crippen molar-refractivity contribution in [3.8, 4) is 0 Å². The zero-order chi connectivity index (χ0) is 21.1. The van der Waals surface area contributed by atoms with E-state index in [1.54, 1.807) is 6.08 Å². The van der Waals surface area contributed by atoms with Gasteiger partial charge in [-0.15, -0.1) is 0 Å². The van der Waals surface area contributed by atoms with Gasteiger partial charge in [-0.1, -0.05) is 55.8 Å². The van der Waals surface area contributed by atoms with Crippen molar-refractivity contribution in [2.75, 3.05) is 0 Å². The predicted molar refractivity (Wildman–Crippen MR) is 117 cm³/mol. The zero-order valence-electron chi connectivity index (χ0n) is 18.1. The molecular formula is C27H32O3. The molecule has 0 unspecified atom stereocenters. The number of ketones is 2. The highest BCUT2D eigenvalue weighted by Crippen LogP contribution is 2.67. The van der Waals surface area contributed by atoms with Crippen LogP contribution in [0.15, 0.2) is 54.1 Å². The second-order valence-corrected chi connectivity index (χ2v) is 10.6. The van der Waals surface area contributed by atoms with E-state index in [4.69, 9.17) is 0 Å². The molecule has 3 fully saturated rings. The molecule has 0 amide bonds. The third-order valence-corrected chi connectivity index (χ3v) is 9.43. The van der Waals surface area contributed by atoms with Crippen molar-refractivity contribution in [1.29, 1.82) is 0 Å². The van der Waals surface area contributed by atoms with E-state index in [-0.39, 0.29) is 28.8 Å². The number of fused-ring (bicyclic) bond motifs is 5. The number of rotatable bonds is 3. The molecule has 0 radical (unpaired) electrons. The summed E-state index contributed by atoms with van der Waals surface area (Å²) < 4.78 is 0. The number of carbonyl (C=O) groups is 2. The van der Waals surface area contributed by atoms with E-state index in [1.807, 2.05) is 36.4 Å². The van der Waals surface area contributed by atoms with Gasteiger partial charge in [0.15, 0.2) is 11.6 Å². The molecule has 30 heavy (non-hydrogen) atoms. The number of allylic oxidation sites excluding steroid dienone is 4. The Bertz CT molecular complexity index is 944. The van der Waals surface area contributed by atoms with Gasteiger partial charge in [0.25, 0.3) is 0 Å². The van der Waals surface area contributed by atoms with Crippen molar-refractivity contribution < 1.29 is 14.7 Å². The fourth-order valence-corrected chi connectivity index (χ4v) is 7.59. The van der Waals surface area contributed by atoms with Crippen LogP contribution in [-0.4, -0.2) is 22.3 Å². The van der Waals surface area contributed by atoms with Crippen LogP contribution in [0.3, 0.4) is 0 Å². The summed E-state index contributed by atoms with van der Waals surface area (Å²) in [6, 6.07) is 9.39. The maximum absolute atomic E-state index is 13.0. The second kappa shape index (κ2) is 6.75. The molecule has 158 valence electrons. The Morgan fingerprint density at radius 2 is 1.80 bits per heavy atom. The van der Waals surface area contributed by atoms with Crippen molar-refractivity contribution in [3.63, 3.8) is 0 Å². The van der Waals surface area contributed by atoms with Gasteiger partial charge in [0.1, 0.15) is 0 Å². The first kappa shape index (κ1) is 19.9. The molecule has 0 heterocycles. The van der Waals surface area contributed by atoms with Crippen LogP contribution in [0.2, 0.25) is 0 Å². The van der Waals surface area contributed by atoms with Crippen LogP contribution in [0, 0.1) is 28.6 Å². The van der Waals surface area contributed by atoms with Crippen LogP contribution < -0.4 is 0 Å². The van der Waals surface area contributed by atoms with Crippen molar-refractivity contribution >= 4 is 11.6 Å². The fourth-order valence-electron chi connectivity index (χ4n) is 7.59. The second-order valence-electron chi connectivity index (χ2n) is 10.6. The number of benzene rings is 1. The minimum Gasteiger partial charge on any atom is -0.389 e. The molecule has 6 atom stereocenters. The standard InChI is InChI=1S/C27H32O3/c1-25-13-10-20(28)16-19(25)8-9-21-22(25)11-14-26(2)23(21)12-15-27(26,30)17-24(29)18-6-4-3-5-7-18/h3-7,10,13,16,21-23,30H,8-9,11-12,14-15,17H2,1-2H3/t21-,22+,23+,25+,26-,27+/m1/s1. The molecule has 1 aromatic carbocycles. The molecule has 1 aromatic rings. The fraction of sp³-hybridized carbons (Fsp3) is 0.556. The quantitative estimate of drug-likeness (QED) is 0.696. The van der Waals surface area contributed by atoms with E-state index in [9.17, 15) is 14.7 Å². The smallest absolute Gasteiger partial charge is 0.178 e. The van der Waals surface area contributed by atoms with Gasteiger partial charge in [0.2, 0.25) is 0 Å². The van der Waals surface area contributed by atoms with Gasteiger partial charge in [-0.2, -0.15) is 0 Å². The summed E-state index contributed by atoms with van der Waals surface area (Å²) in [5, 5.41) is 11.8. The number of hydrogen-bond acceptors (Lipinski definition) is 3. The van der Waals surface area contributed by atoms with E-state index >= 15 is 0 Å². The van der Waals surface area contributed by atoms with Crippen LogP contribution >= 0.6 is 0 Å². The number of Topliss-reactive ketones (excluding diaryl/α,β-unsaturated/α-hetero) is 1. The highest BCUT2D eigenvalue weighted by Gasteiger charge is 2.63. The van der Waals surface area contributed by atoms with Crippen molar-refractivity contribution in [1.82, 2.24) is 0 Å². The summed E-state index contributed by atoms with van der Waals surface area (Å²) >= 11 is 0. The normalized spacial score (nSPS) is 42.2. The molecule has 0 aliphatic heterocycles. The molecule has 3 saturated carbocycles. The molecule has 0 spiro atoms. The monoisotopic (exact) mass is 404 g/mol. The molecular weight excluding hydrogens is 372 g/mol. The highest BCUT2D eigenvalue weighted by molar-refractivity contribution is 6.01. The molecule has 0 aromatic heterocycles. The average molecular weight is 405 g/mol. The summed E-state index contributed by atoms with van der Waals surface area (Å²) in [6.45, 7) is 4.55. The molecule has 4 aliphatic rings. The maximum atomic E-state index is 13.0. The zero-order valence-corrected chi connectivity index (χ0v) is 18.1. The first-order valence-electron chi connectivity index (χ1n) is 11.5. The lowest BCUT2D eigenvalue weighted by Gasteiger charge is -2.58. The Balaban J connectivity index is 1.42. The van der Waals surface area contributed by atoms with Gasteiger partial charge in [0, 0.05) is 17.4 Å². The van der Waals surface area contributed by atoms with Crippen LogP contribution in [0.5, 0.6) is 0 Å². The Kier molecular flexibility index (Phi) is 4.49. The van der Waals surface area contributed by atoms with Crippen molar-refractivity contribution in [2.24, 2.45) is 28.6 Å². The number of carbonyl (C=O) groups excluding carboxylic acids is 2. The van der Waals surface area contributed by atoms with Gasteiger partial charge in [0.05, 0.1) is 5.60 Å². The van der Waals surface area contributed by atoms with Crippen LogP contribution in [-0.2, 0) is 4.79 Å². The summed E-state index contributed by atoms with van der Waals surface area (Å²) in [5.41, 5.74) is 0.824. The van der Waals surface area contributed by atoms with E-state index in [0.717, 1.165) is 32.1 Å². The molecule has 5 rings (SSSR count). The lowest BCUT2D eigenvalue weighted by atomic mass is 9.47. The Morgan fingerprint density at radius 3 is 2.57 bits per heavy atom. The van der Waals surface area contributed by atoms with Crippen molar-refractivity contribution in [2.45, 2.75) is 64.4 Å². The third kappa shape index (κ3) is 2.74. The lowest BCUT2D eigenvalue weighted by Crippen LogP contribution is -2.54. The van der Waals surface area contributed by atoms with E-state index in [0.29, 0.717) is 29.7 Å². The van der Waals surface area contributed by atoms with Crippen molar-refractivity contribution in [3.05, 3.63) is 59.7 Å². The van der Waals surface area contributed by atoms with E-state index in [2.05, 4.69) is 19.9 Å². The van der Waals surface area contributed by atoms with Gasteiger partial charge < -0.3 is 5.11 Å². The summed E-state index contributed by atoms with van der Waals surface area (Å²) in [4.78, 5) is 24.9.